The summed E-state index contributed by atoms with van der Waals surface area (Å²) >= 11 is 0. The molecule has 2 bridgehead atoms. The molecule has 0 spiro atoms. The van der Waals surface area contributed by atoms with Crippen LogP contribution in [0, 0.1) is 5.92 Å². The van der Waals surface area contributed by atoms with Crippen molar-refractivity contribution in [3.8, 4) is 0 Å². The number of nitrogens with zero attached hydrogens (tertiary/aromatic N) is 1. The molecular formula is C13H18N2O4. The molecule has 19 heavy (non-hydrogen) atoms. The Labute approximate surface area is 111 Å². The monoisotopic (exact) mass is 266 g/mol. The second kappa shape index (κ2) is 4.59. The van der Waals surface area contributed by atoms with E-state index in [2.05, 4.69) is 5.32 Å². The average Bonchev–Trinajstić information content (AvgIpc) is 3.06. The molecular weight excluding hydrogens is 248 g/mol. The van der Waals surface area contributed by atoms with Crippen molar-refractivity contribution < 1.29 is 19.1 Å². The second-order valence-corrected chi connectivity index (χ2v) is 5.47. The van der Waals surface area contributed by atoms with Gasteiger partial charge in [0.25, 0.3) is 0 Å². The number of likely N-dealkylation sites (N-methyl/N-ethyl adjacent to an activating group) is 1. The van der Waals surface area contributed by atoms with E-state index in [1.54, 1.807) is 0 Å². The van der Waals surface area contributed by atoms with Crippen molar-refractivity contribution in [3.63, 3.8) is 0 Å². The van der Waals surface area contributed by atoms with Crippen molar-refractivity contribution in [2.75, 3.05) is 6.54 Å². The summed E-state index contributed by atoms with van der Waals surface area (Å²) < 4.78 is 5.70. The number of amides is 3. The molecule has 3 fully saturated rings. The van der Waals surface area contributed by atoms with Crippen LogP contribution in [0.1, 0.15) is 32.6 Å². The number of carbonyl (C=O) groups is 3. The fourth-order valence-corrected chi connectivity index (χ4v) is 3.43. The quantitative estimate of drug-likeness (QED) is 0.719. The molecule has 1 unspecified atom stereocenters. The van der Waals surface area contributed by atoms with Gasteiger partial charge in [0.2, 0.25) is 17.7 Å². The maximum Gasteiger partial charge on any atom is 0.249 e. The summed E-state index contributed by atoms with van der Waals surface area (Å²) in [6, 6.07) is -0.635. The average molecular weight is 266 g/mol. The van der Waals surface area contributed by atoms with E-state index in [9.17, 15) is 14.4 Å². The number of hydrogen-bond acceptors (Lipinski definition) is 4. The third-order valence-corrected chi connectivity index (χ3v) is 4.37. The Morgan fingerprint density at radius 3 is 2.68 bits per heavy atom. The lowest BCUT2D eigenvalue weighted by Crippen LogP contribution is -2.48. The van der Waals surface area contributed by atoms with Gasteiger partial charge >= 0.3 is 0 Å². The summed E-state index contributed by atoms with van der Waals surface area (Å²) in [5, 5.41) is 2.26. The van der Waals surface area contributed by atoms with Gasteiger partial charge in [-0.05, 0) is 26.2 Å². The van der Waals surface area contributed by atoms with E-state index in [1.807, 2.05) is 6.92 Å². The van der Waals surface area contributed by atoms with E-state index in [1.165, 1.54) is 4.90 Å². The minimum Gasteiger partial charge on any atom is -0.374 e. The van der Waals surface area contributed by atoms with Crippen molar-refractivity contribution in [2.24, 2.45) is 5.92 Å². The van der Waals surface area contributed by atoms with Crippen LogP contribution in [0.4, 0.5) is 0 Å². The lowest BCUT2D eigenvalue weighted by molar-refractivity contribution is -0.143. The van der Waals surface area contributed by atoms with Crippen LogP contribution < -0.4 is 5.32 Å². The van der Waals surface area contributed by atoms with Gasteiger partial charge in [-0.15, -0.1) is 0 Å². The number of rotatable bonds is 3. The Hall–Kier alpha value is -1.43. The molecule has 6 heteroatoms. The first-order valence-electron chi connectivity index (χ1n) is 6.89. The van der Waals surface area contributed by atoms with Crippen LogP contribution in [-0.4, -0.2) is 47.4 Å². The largest absolute Gasteiger partial charge is 0.374 e. The molecule has 3 heterocycles. The third-order valence-electron chi connectivity index (χ3n) is 4.37. The van der Waals surface area contributed by atoms with Crippen molar-refractivity contribution in [2.45, 2.75) is 50.9 Å². The summed E-state index contributed by atoms with van der Waals surface area (Å²) in [5.74, 6) is -0.832. The lowest BCUT2D eigenvalue weighted by atomic mass is 9.88. The summed E-state index contributed by atoms with van der Waals surface area (Å²) in [7, 11) is 0. The molecule has 3 rings (SSSR count). The van der Waals surface area contributed by atoms with Crippen LogP contribution >= 0.6 is 0 Å². The molecule has 3 amide bonds. The highest BCUT2D eigenvalue weighted by atomic mass is 16.5. The zero-order valence-corrected chi connectivity index (χ0v) is 10.9. The maximum atomic E-state index is 12.6. The Balaban J connectivity index is 1.73. The second-order valence-electron chi connectivity index (χ2n) is 5.47. The number of carbonyl (C=O) groups excluding carboxylic acids is 3. The number of imide groups is 1. The Kier molecular flexibility index (Phi) is 3.05. The van der Waals surface area contributed by atoms with E-state index in [4.69, 9.17) is 4.74 Å². The summed E-state index contributed by atoms with van der Waals surface area (Å²) in [4.78, 5) is 37.1. The summed E-state index contributed by atoms with van der Waals surface area (Å²) in [6.07, 6.45) is 3.00. The smallest absolute Gasteiger partial charge is 0.249 e. The molecule has 0 aliphatic carbocycles. The Morgan fingerprint density at radius 2 is 2.21 bits per heavy atom. The predicted molar refractivity (Wildman–Crippen MR) is 64.9 cm³/mol. The molecule has 0 radical (unpaired) electrons. The highest BCUT2D eigenvalue weighted by Gasteiger charge is 2.48. The first kappa shape index (κ1) is 12.6. The van der Waals surface area contributed by atoms with Gasteiger partial charge in [-0.3, -0.25) is 19.7 Å². The molecule has 0 aromatic carbocycles. The summed E-state index contributed by atoms with van der Waals surface area (Å²) in [5.41, 5.74) is 0. The SMILES string of the molecule is CCN(C(=O)[C@@H]1C[C@H]2CC[C@@H]1O2)C1CC(=O)NC1=O. The summed E-state index contributed by atoms with van der Waals surface area (Å²) in [6.45, 7) is 2.28. The third kappa shape index (κ3) is 2.04. The van der Waals surface area contributed by atoms with Crippen LogP contribution in [0.5, 0.6) is 0 Å². The molecule has 3 aliphatic heterocycles. The number of hydrogen-bond donors (Lipinski definition) is 1. The van der Waals surface area contributed by atoms with Crippen molar-refractivity contribution in [3.05, 3.63) is 0 Å². The molecule has 6 nitrogen and oxygen atoms in total. The molecule has 3 saturated heterocycles. The van der Waals surface area contributed by atoms with Gasteiger partial charge in [-0.1, -0.05) is 0 Å². The van der Waals surface area contributed by atoms with Gasteiger partial charge in [0.1, 0.15) is 6.04 Å². The van der Waals surface area contributed by atoms with Crippen molar-refractivity contribution >= 4 is 17.7 Å². The molecule has 3 aliphatic rings. The van der Waals surface area contributed by atoms with Crippen LogP contribution in [0.2, 0.25) is 0 Å². The van der Waals surface area contributed by atoms with E-state index < -0.39 is 6.04 Å². The zero-order chi connectivity index (χ0) is 13.6. The van der Waals surface area contributed by atoms with Crippen LogP contribution in [0.3, 0.4) is 0 Å². The Morgan fingerprint density at radius 1 is 1.42 bits per heavy atom. The minimum absolute atomic E-state index is 0.00622. The topological polar surface area (TPSA) is 75.7 Å². The van der Waals surface area contributed by atoms with E-state index in [0.717, 1.165) is 19.3 Å². The lowest BCUT2D eigenvalue weighted by Gasteiger charge is -2.30. The first-order chi connectivity index (χ1) is 9.10. The molecule has 0 saturated carbocycles. The standard InChI is InChI=1S/C13H18N2O4/c1-2-15(9-6-11(16)14-12(9)17)13(18)8-5-7-3-4-10(8)19-7/h7-10H,2-6H2,1H3,(H,14,16,17)/t7-,8-,9?,10+/m1/s1. The van der Waals surface area contributed by atoms with Gasteiger partial charge in [0.15, 0.2) is 0 Å². The van der Waals surface area contributed by atoms with E-state index in [-0.39, 0.29) is 42.3 Å². The van der Waals surface area contributed by atoms with Crippen LogP contribution in [-0.2, 0) is 19.1 Å². The minimum atomic E-state index is -0.635. The normalized spacial score (nSPS) is 36.7. The highest BCUT2D eigenvalue weighted by molar-refractivity contribution is 6.06. The van der Waals surface area contributed by atoms with Gasteiger partial charge in [-0.25, -0.2) is 0 Å². The van der Waals surface area contributed by atoms with Gasteiger partial charge in [0, 0.05) is 6.54 Å². The number of ether oxygens (including phenoxy) is 1. The zero-order valence-electron chi connectivity index (χ0n) is 10.9. The molecule has 1 N–H and O–H groups in total. The van der Waals surface area contributed by atoms with E-state index >= 15 is 0 Å². The van der Waals surface area contributed by atoms with Gasteiger partial charge < -0.3 is 9.64 Å². The van der Waals surface area contributed by atoms with E-state index in [0.29, 0.717) is 6.54 Å². The highest BCUT2D eigenvalue weighted by Crippen LogP contribution is 2.40. The first-order valence-corrected chi connectivity index (χ1v) is 6.89. The van der Waals surface area contributed by atoms with Crippen LogP contribution in [0.15, 0.2) is 0 Å². The number of fused-ring (bicyclic) bond motifs is 2. The molecule has 0 aromatic rings. The van der Waals surface area contributed by atoms with Gasteiger partial charge in [-0.2, -0.15) is 0 Å². The number of nitrogens with one attached hydrogen (secondary N) is 1. The van der Waals surface area contributed by atoms with Gasteiger partial charge in [0.05, 0.1) is 24.5 Å². The maximum absolute atomic E-state index is 12.6. The molecule has 104 valence electrons. The Bertz CT molecular complexity index is 436. The van der Waals surface area contributed by atoms with Crippen molar-refractivity contribution in [1.82, 2.24) is 10.2 Å². The van der Waals surface area contributed by atoms with Crippen LogP contribution in [0.25, 0.3) is 0 Å². The fraction of sp³-hybridized carbons (Fsp3) is 0.769. The fourth-order valence-electron chi connectivity index (χ4n) is 3.43. The molecule has 0 aromatic heterocycles. The molecule has 4 atom stereocenters. The predicted octanol–water partition coefficient (Wildman–Crippen LogP) is -0.182. The van der Waals surface area contributed by atoms with Crippen molar-refractivity contribution in [1.29, 1.82) is 0 Å².